The molecule has 3 nitrogen and oxygen atoms in total. The SMILES string of the molecule is COc1ccc(NC(=S)NC2CC2)cc1Br. The van der Waals surface area contributed by atoms with Crippen molar-refractivity contribution in [3.8, 4) is 5.75 Å². The van der Waals surface area contributed by atoms with E-state index < -0.39 is 0 Å². The lowest BCUT2D eigenvalue weighted by atomic mass is 10.3. The van der Waals surface area contributed by atoms with Crippen molar-refractivity contribution in [2.24, 2.45) is 0 Å². The number of methoxy groups -OCH3 is 1. The van der Waals surface area contributed by atoms with Crippen molar-refractivity contribution in [3.63, 3.8) is 0 Å². The van der Waals surface area contributed by atoms with Crippen LogP contribution >= 0.6 is 28.1 Å². The van der Waals surface area contributed by atoms with Crippen molar-refractivity contribution >= 4 is 38.9 Å². The summed E-state index contributed by atoms with van der Waals surface area (Å²) in [5, 5.41) is 7.04. The first-order valence-electron chi connectivity index (χ1n) is 5.10. The number of hydrogen-bond donors (Lipinski definition) is 2. The molecule has 1 aliphatic carbocycles. The molecule has 0 atom stereocenters. The zero-order valence-electron chi connectivity index (χ0n) is 8.92. The van der Waals surface area contributed by atoms with E-state index in [2.05, 4.69) is 26.6 Å². The van der Waals surface area contributed by atoms with Crippen LogP contribution in [0.1, 0.15) is 12.8 Å². The molecule has 0 bridgehead atoms. The van der Waals surface area contributed by atoms with Gasteiger partial charge in [-0.25, -0.2) is 0 Å². The highest BCUT2D eigenvalue weighted by Gasteiger charge is 2.21. The van der Waals surface area contributed by atoms with Crippen LogP contribution in [-0.2, 0) is 0 Å². The molecule has 0 radical (unpaired) electrons. The van der Waals surface area contributed by atoms with Gasteiger partial charge in [-0.3, -0.25) is 0 Å². The number of rotatable bonds is 3. The lowest BCUT2D eigenvalue weighted by Crippen LogP contribution is -2.30. The number of anilines is 1. The summed E-state index contributed by atoms with van der Waals surface area (Å²) in [6, 6.07) is 6.35. The van der Waals surface area contributed by atoms with Crippen molar-refractivity contribution in [3.05, 3.63) is 22.7 Å². The molecular weight excluding hydrogens is 288 g/mol. The number of nitrogens with one attached hydrogen (secondary N) is 2. The molecule has 16 heavy (non-hydrogen) atoms. The predicted molar refractivity (Wildman–Crippen MR) is 73.1 cm³/mol. The fourth-order valence-corrected chi connectivity index (χ4v) is 2.15. The number of benzene rings is 1. The monoisotopic (exact) mass is 300 g/mol. The van der Waals surface area contributed by atoms with Crippen LogP contribution in [0.3, 0.4) is 0 Å². The summed E-state index contributed by atoms with van der Waals surface area (Å²) in [5.74, 6) is 0.812. The lowest BCUT2D eigenvalue weighted by molar-refractivity contribution is 0.412. The van der Waals surface area contributed by atoms with Crippen LogP contribution in [-0.4, -0.2) is 18.3 Å². The fraction of sp³-hybridized carbons (Fsp3) is 0.364. The number of hydrogen-bond acceptors (Lipinski definition) is 2. The quantitative estimate of drug-likeness (QED) is 0.841. The van der Waals surface area contributed by atoms with Gasteiger partial charge >= 0.3 is 0 Å². The largest absolute Gasteiger partial charge is 0.496 e. The van der Waals surface area contributed by atoms with Gasteiger partial charge in [-0.15, -0.1) is 0 Å². The minimum atomic E-state index is 0.571. The molecule has 1 aromatic rings. The van der Waals surface area contributed by atoms with Crippen molar-refractivity contribution in [1.82, 2.24) is 5.32 Å². The first-order chi connectivity index (χ1) is 7.69. The highest BCUT2D eigenvalue weighted by atomic mass is 79.9. The molecule has 86 valence electrons. The smallest absolute Gasteiger partial charge is 0.170 e. The first-order valence-corrected chi connectivity index (χ1v) is 6.30. The third kappa shape index (κ3) is 3.09. The van der Waals surface area contributed by atoms with Gasteiger partial charge in [-0.2, -0.15) is 0 Å². The van der Waals surface area contributed by atoms with Crippen molar-refractivity contribution < 1.29 is 4.74 Å². The Kier molecular flexibility index (Phi) is 3.66. The molecule has 0 spiro atoms. The van der Waals surface area contributed by atoms with E-state index in [1.165, 1.54) is 12.8 Å². The van der Waals surface area contributed by atoms with Crippen LogP contribution in [0.2, 0.25) is 0 Å². The molecule has 1 aliphatic rings. The highest BCUT2D eigenvalue weighted by Crippen LogP contribution is 2.27. The van der Waals surface area contributed by atoms with E-state index in [0.29, 0.717) is 11.2 Å². The normalized spacial score (nSPS) is 14.4. The Bertz CT molecular complexity index is 407. The molecule has 0 unspecified atom stereocenters. The highest BCUT2D eigenvalue weighted by molar-refractivity contribution is 9.10. The molecule has 0 amide bonds. The van der Waals surface area contributed by atoms with E-state index >= 15 is 0 Å². The second-order valence-corrected chi connectivity index (χ2v) is 4.98. The Morgan fingerprint density at radius 2 is 2.25 bits per heavy atom. The Morgan fingerprint density at radius 3 is 2.81 bits per heavy atom. The topological polar surface area (TPSA) is 33.3 Å². The maximum atomic E-state index is 5.19. The van der Waals surface area contributed by atoms with Crippen molar-refractivity contribution in [2.45, 2.75) is 18.9 Å². The zero-order chi connectivity index (χ0) is 11.5. The van der Waals surface area contributed by atoms with E-state index in [-0.39, 0.29) is 0 Å². The summed E-state index contributed by atoms with van der Waals surface area (Å²) < 4.78 is 6.07. The van der Waals surface area contributed by atoms with Crippen LogP contribution in [0.5, 0.6) is 5.75 Å². The van der Waals surface area contributed by atoms with Gasteiger partial charge in [0.1, 0.15) is 5.75 Å². The summed E-state index contributed by atoms with van der Waals surface area (Å²) in [6.07, 6.45) is 2.43. The molecule has 0 aromatic heterocycles. The van der Waals surface area contributed by atoms with Crippen molar-refractivity contribution in [2.75, 3.05) is 12.4 Å². The van der Waals surface area contributed by atoms with Gasteiger partial charge < -0.3 is 15.4 Å². The van der Waals surface area contributed by atoms with E-state index in [9.17, 15) is 0 Å². The number of ether oxygens (including phenoxy) is 1. The molecule has 0 heterocycles. The van der Waals surface area contributed by atoms with Gasteiger partial charge in [0, 0.05) is 11.7 Å². The van der Waals surface area contributed by atoms with Gasteiger partial charge in [0.05, 0.1) is 11.6 Å². The van der Waals surface area contributed by atoms with E-state index in [0.717, 1.165) is 15.9 Å². The Morgan fingerprint density at radius 1 is 1.50 bits per heavy atom. The van der Waals surface area contributed by atoms with Crippen LogP contribution < -0.4 is 15.4 Å². The third-order valence-corrected chi connectivity index (χ3v) is 3.16. The average Bonchev–Trinajstić information content (AvgIpc) is 3.01. The second kappa shape index (κ2) is 5.01. The third-order valence-electron chi connectivity index (χ3n) is 2.32. The fourth-order valence-electron chi connectivity index (χ4n) is 1.32. The zero-order valence-corrected chi connectivity index (χ0v) is 11.3. The number of thiocarbonyl (C=S) groups is 1. The molecule has 2 rings (SSSR count). The van der Waals surface area contributed by atoms with E-state index in [1.54, 1.807) is 7.11 Å². The summed E-state index contributed by atoms with van der Waals surface area (Å²) in [5.41, 5.74) is 0.950. The molecular formula is C11H13BrN2OS. The van der Waals surface area contributed by atoms with Crippen molar-refractivity contribution in [1.29, 1.82) is 0 Å². The standard InChI is InChI=1S/C11H13BrN2OS/c1-15-10-5-4-8(6-9(10)12)14-11(16)13-7-2-3-7/h4-7H,2-3H2,1H3,(H2,13,14,16). The van der Waals surface area contributed by atoms with E-state index in [4.69, 9.17) is 17.0 Å². The van der Waals surface area contributed by atoms with Crippen LogP contribution in [0, 0.1) is 0 Å². The minimum absolute atomic E-state index is 0.571. The minimum Gasteiger partial charge on any atom is -0.496 e. The van der Waals surface area contributed by atoms with Gasteiger partial charge in [-0.1, -0.05) is 0 Å². The van der Waals surface area contributed by atoms with E-state index in [1.807, 2.05) is 18.2 Å². The summed E-state index contributed by atoms with van der Waals surface area (Å²) in [6.45, 7) is 0. The Balaban J connectivity index is 1.97. The number of halogens is 1. The lowest BCUT2D eigenvalue weighted by Gasteiger charge is -2.11. The van der Waals surface area contributed by atoms with Crippen LogP contribution in [0.4, 0.5) is 5.69 Å². The summed E-state index contributed by atoms with van der Waals surface area (Å²) in [4.78, 5) is 0. The maximum absolute atomic E-state index is 5.19. The second-order valence-electron chi connectivity index (χ2n) is 3.72. The molecule has 0 aliphatic heterocycles. The summed E-state index contributed by atoms with van der Waals surface area (Å²) in [7, 11) is 1.65. The average molecular weight is 301 g/mol. The van der Waals surface area contributed by atoms with Gasteiger partial charge in [0.25, 0.3) is 0 Å². The molecule has 1 saturated carbocycles. The molecule has 1 aromatic carbocycles. The Labute approximate surface area is 109 Å². The summed E-state index contributed by atoms with van der Waals surface area (Å²) >= 11 is 8.62. The molecule has 0 saturated heterocycles. The van der Waals surface area contributed by atoms with Gasteiger partial charge in [0.2, 0.25) is 0 Å². The molecule has 2 N–H and O–H groups in total. The van der Waals surface area contributed by atoms with Crippen LogP contribution in [0.15, 0.2) is 22.7 Å². The maximum Gasteiger partial charge on any atom is 0.170 e. The molecule has 5 heteroatoms. The Hall–Kier alpha value is -0.810. The van der Waals surface area contributed by atoms with Gasteiger partial charge in [0.15, 0.2) is 5.11 Å². The molecule has 1 fully saturated rings. The van der Waals surface area contributed by atoms with Gasteiger partial charge in [-0.05, 0) is 59.2 Å². The predicted octanol–water partition coefficient (Wildman–Crippen LogP) is 2.91. The van der Waals surface area contributed by atoms with Crippen LogP contribution in [0.25, 0.3) is 0 Å². The first kappa shape index (κ1) is 11.7.